The van der Waals surface area contributed by atoms with Crippen LogP contribution in [0.5, 0.6) is 0 Å². The molecule has 0 saturated heterocycles. The summed E-state index contributed by atoms with van der Waals surface area (Å²) in [4.78, 5) is 4.22. The van der Waals surface area contributed by atoms with Crippen molar-refractivity contribution < 1.29 is 32.7 Å². The molecule has 0 aliphatic heterocycles. The first-order valence-electron chi connectivity index (χ1n) is 4.26. The fourth-order valence-corrected chi connectivity index (χ4v) is 1.02. The van der Waals surface area contributed by atoms with Gasteiger partial charge in [0.15, 0.2) is 0 Å². The predicted octanol–water partition coefficient (Wildman–Crippen LogP) is 1.42. The molecule has 1 unspecified atom stereocenters. The minimum atomic E-state index is 0. The molecule has 2 nitrogen and oxygen atoms in total. The molecule has 13 heavy (non-hydrogen) atoms. The smallest absolute Gasteiger partial charge is 0.0402 e. The number of nitrogens with zero attached hydrogens (tertiary/aromatic N) is 1. The molecule has 0 aliphatic rings. The van der Waals surface area contributed by atoms with E-state index >= 15 is 0 Å². The zero-order chi connectivity index (χ0) is 8.81. The molecular formula is C10H15N2Y-. The third-order valence-electron chi connectivity index (χ3n) is 1.87. The number of hydrogen-bond acceptors (Lipinski definition) is 2. The standard InChI is InChI=1S/C10H15N2.Y/c1-9(8-11)5-6-10-4-2-3-7-12-10;/h2-4,7,9H,1,5-6,8,11H2;/q-1;. The van der Waals surface area contributed by atoms with E-state index in [0.717, 1.165) is 18.5 Å². The second-order valence-electron chi connectivity index (χ2n) is 2.96. The van der Waals surface area contributed by atoms with E-state index < -0.39 is 0 Å². The van der Waals surface area contributed by atoms with Crippen molar-refractivity contribution in [2.24, 2.45) is 11.7 Å². The van der Waals surface area contributed by atoms with E-state index in [9.17, 15) is 0 Å². The summed E-state index contributed by atoms with van der Waals surface area (Å²) in [5, 5.41) is 0. The van der Waals surface area contributed by atoms with E-state index in [0.29, 0.717) is 12.5 Å². The third-order valence-corrected chi connectivity index (χ3v) is 1.87. The first-order valence-corrected chi connectivity index (χ1v) is 4.26. The first-order chi connectivity index (χ1) is 5.83. The second-order valence-corrected chi connectivity index (χ2v) is 2.96. The van der Waals surface area contributed by atoms with E-state index in [1.807, 2.05) is 24.4 Å². The van der Waals surface area contributed by atoms with Gasteiger partial charge in [0.1, 0.15) is 0 Å². The van der Waals surface area contributed by atoms with Gasteiger partial charge < -0.3 is 12.7 Å². The van der Waals surface area contributed by atoms with Crippen LogP contribution in [-0.2, 0) is 39.1 Å². The molecule has 1 aromatic rings. The predicted molar refractivity (Wildman–Crippen MR) is 50.5 cm³/mol. The Balaban J connectivity index is 0.00000144. The Morgan fingerprint density at radius 3 is 2.77 bits per heavy atom. The number of nitrogens with two attached hydrogens (primary N) is 1. The minimum absolute atomic E-state index is 0. The van der Waals surface area contributed by atoms with Gasteiger partial charge in [0.2, 0.25) is 0 Å². The molecule has 69 valence electrons. The summed E-state index contributed by atoms with van der Waals surface area (Å²) in [5.74, 6) is 0.354. The van der Waals surface area contributed by atoms with Crippen LogP contribution in [0.1, 0.15) is 12.1 Å². The van der Waals surface area contributed by atoms with Crippen LogP contribution in [0.25, 0.3) is 0 Å². The fraction of sp³-hybridized carbons (Fsp3) is 0.400. The van der Waals surface area contributed by atoms with Crippen LogP contribution in [0.3, 0.4) is 0 Å². The van der Waals surface area contributed by atoms with E-state index in [4.69, 9.17) is 5.73 Å². The van der Waals surface area contributed by atoms with Gasteiger partial charge in [-0.25, -0.2) is 0 Å². The van der Waals surface area contributed by atoms with Crippen molar-refractivity contribution in [3.63, 3.8) is 0 Å². The summed E-state index contributed by atoms with van der Waals surface area (Å²) in [6.45, 7) is 4.58. The molecule has 1 rings (SSSR count). The van der Waals surface area contributed by atoms with Gasteiger partial charge in [0, 0.05) is 44.6 Å². The van der Waals surface area contributed by atoms with Crippen LogP contribution in [0.15, 0.2) is 24.4 Å². The van der Waals surface area contributed by atoms with Crippen LogP contribution in [0, 0.1) is 12.8 Å². The van der Waals surface area contributed by atoms with Crippen molar-refractivity contribution in [2.45, 2.75) is 12.8 Å². The maximum absolute atomic E-state index is 5.45. The average Bonchev–Trinajstić information content (AvgIpc) is 2.16. The quantitative estimate of drug-likeness (QED) is 0.823. The van der Waals surface area contributed by atoms with Crippen LogP contribution in [-0.4, -0.2) is 11.5 Å². The molecule has 1 aromatic heterocycles. The van der Waals surface area contributed by atoms with Crippen LogP contribution < -0.4 is 5.73 Å². The first kappa shape index (κ1) is 13.2. The number of hydrogen-bond donors (Lipinski definition) is 1. The number of aryl methyl sites for hydroxylation is 1. The molecule has 0 bridgehead atoms. The molecule has 0 aromatic carbocycles. The van der Waals surface area contributed by atoms with Gasteiger partial charge in [0.25, 0.3) is 0 Å². The summed E-state index contributed by atoms with van der Waals surface area (Å²) < 4.78 is 0. The molecule has 1 radical (unpaired) electrons. The molecule has 1 heterocycles. The van der Waals surface area contributed by atoms with Crippen LogP contribution in [0.2, 0.25) is 0 Å². The number of rotatable bonds is 4. The number of aromatic nitrogens is 1. The normalized spacial score (nSPS) is 11.8. The molecule has 0 fully saturated rings. The van der Waals surface area contributed by atoms with E-state index in [1.165, 1.54) is 0 Å². The Labute approximate surface area is 105 Å². The Kier molecular flexibility index (Phi) is 7.73. The van der Waals surface area contributed by atoms with Gasteiger partial charge >= 0.3 is 0 Å². The third kappa shape index (κ3) is 5.50. The Bertz CT molecular complexity index is 213. The van der Waals surface area contributed by atoms with E-state index in [2.05, 4.69) is 11.9 Å². The Morgan fingerprint density at radius 2 is 2.23 bits per heavy atom. The molecule has 3 heteroatoms. The average molecular weight is 252 g/mol. The summed E-state index contributed by atoms with van der Waals surface area (Å²) in [6, 6.07) is 5.96. The molecule has 0 aliphatic carbocycles. The van der Waals surface area contributed by atoms with Crippen molar-refractivity contribution in [1.82, 2.24) is 4.98 Å². The molecule has 2 N–H and O–H groups in total. The largest absolute Gasteiger partial charge is 0.339 e. The van der Waals surface area contributed by atoms with Gasteiger partial charge in [-0.3, -0.25) is 4.98 Å². The van der Waals surface area contributed by atoms with E-state index in [-0.39, 0.29) is 32.7 Å². The monoisotopic (exact) mass is 252 g/mol. The van der Waals surface area contributed by atoms with Gasteiger partial charge in [-0.15, -0.1) is 0 Å². The van der Waals surface area contributed by atoms with Crippen molar-refractivity contribution in [3.05, 3.63) is 37.0 Å². The summed E-state index contributed by atoms with van der Waals surface area (Å²) >= 11 is 0. The molecule has 0 spiro atoms. The topological polar surface area (TPSA) is 38.9 Å². The number of pyridine rings is 1. The van der Waals surface area contributed by atoms with Gasteiger partial charge in [-0.05, 0) is 25.1 Å². The van der Waals surface area contributed by atoms with Crippen molar-refractivity contribution in [2.75, 3.05) is 6.54 Å². The summed E-state index contributed by atoms with van der Waals surface area (Å²) in [6.07, 6.45) is 3.82. The maximum Gasteiger partial charge on any atom is 0.0402 e. The molecular weight excluding hydrogens is 237 g/mol. The fourth-order valence-electron chi connectivity index (χ4n) is 1.02. The molecule has 1 atom stereocenters. The second kappa shape index (κ2) is 7.60. The summed E-state index contributed by atoms with van der Waals surface area (Å²) in [5.41, 5.74) is 6.58. The zero-order valence-electron chi connectivity index (χ0n) is 7.82. The van der Waals surface area contributed by atoms with Gasteiger partial charge in [-0.2, -0.15) is 5.92 Å². The van der Waals surface area contributed by atoms with Crippen molar-refractivity contribution in [1.29, 1.82) is 0 Å². The van der Waals surface area contributed by atoms with Crippen LogP contribution >= 0.6 is 0 Å². The van der Waals surface area contributed by atoms with Gasteiger partial charge in [0.05, 0.1) is 0 Å². The van der Waals surface area contributed by atoms with Crippen molar-refractivity contribution in [3.8, 4) is 0 Å². The zero-order valence-corrected chi connectivity index (χ0v) is 10.7. The molecule has 0 amide bonds. The Hall–Kier alpha value is 0.214. The van der Waals surface area contributed by atoms with Crippen molar-refractivity contribution >= 4 is 0 Å². The van der Waals surface area contributed by atoms with Crippen LogP contribution in [0.4, 0.5) is 0 Å². The minimum Gasteiger partial charge on any atom is -0.339 e. The Morgan fingerprint density at radius 1 is 1.46 bits per heavy atom. The SMILES string of the molecule is [CH2-]C(CN)CCc1ccccn1.[Y]. The summed E-state index contributed by atoms with van der Waals surface area (Å²) in [7, 11) is 0. The maximum atomic E-state index is 5.45. The van der Waals surface area contributed by atoms with E-state index in [1.54, 1.807) is 0 Å². The van der Waals surface area contributed by atoms with Gasteiger partial charge in [-0.1, -0.05) is 12.5 Å². The molecule has 0 saturated carbocycles.